The van der Waals surface area contributed by atoms with Crippen molar-refractivity contribution in [3.05, 3.63) is 35.9 Å². The van der Waals surface area contributed by atoms with Gasteiger partial charge < -0.3 is 16.0 Å². The van der Waals surface area contributed by atoms with Crippen LogP contribution in [0.15, 0.2) is 35.3 Å². The molecule has 0 spiro atoms. The van der Waals surface area contributed by atoms with Gasteiger partial charge in [-0.3, -0.25) is 4.79 Å². The van der Waals surface area contributed by atoms with Crippen LogP contribution in [0, 0.1) is 0 Å². The average Bonchev–Trinajstić information content (AvgIpc) is 2.66. The molecule has 1 fully saturated rings. The number of amides is 1. The van der Waals surface area contributed by atoms with Crippen molar-refractivity contribution in [2.24, 2.45) is 4.99 Å². The Bertz CT molecular complexity index is 559. The molecule has 1 aromatic rings. The minimum absolute atomic E-state index is 0. The van der Waals surface area contributed by atoms with Crippen LogP contribution in [-0.4, -0.2) is 37.0 Å². The fraction of sp³-hybridized carbons (Fsp3) is 0.619. The zero-order valence-corrected chi connectivity index (χ0v) is 19.0. The number of hydrogen-bond donors (Lipinski definition) is 3. The summed E-state index contributed by atoms with van der Waals surface area (Å²) >= 11 is 0. The van der Waals surface area contributed by atoms with Crippen LogP contribution in [0.25, 0.3) is 0 Å². The monoisotopic (exact) mass is 486 g/mol. The van der Waals surface area contributed by atoms with Gasteiger partial charge in [0.25, 0.3) is 0 Å². The van der Waals surface area contributed by atoms with E-state index in [1.165, 1.54) is 24.8 Å². The minimum atomic E-state index is 0. The molecule has 1 aliphatic rings. The number of nitrogens with one attached hydrogen (secondary N) is 3. The molecule has 1 aromatic carbocycles. The maximum absolute atomic E-state index is 12.1. The highest BCUT2D eigenvalue weighted by Crippen LogP contribution is 2.17. The van der Waals surface area contributed by atoms with E-state index in [2.05, 4.69) is 52.1 Å². The first-order chi connectivity index (χ1) is 12.7. The zero-order chi connectivity index (χ0) is 18.6. The Morgan fingerprint density at radius 3 is 2.56 bits per heavy atom. The lowest BCUT2D eigenvalue weighted by atomic mass is 9.95. The standard InChI is InChI=1S/C21H34N4O.HI/c1-3-22-21(23-16-20(26)25-19-12-8-5-9-13-19)24-17(2)14-15-18-10-6-4-7-11-18;/h4,6-7,10-11,17,19H,3,5,8-9,12-16H2,1-2H3,(H,25,26)(H2,22,23,24);1H. The van der Waals surface area contributed by atoms with E-state index in [9.17, 15) is 4.79 Å². The highest BCUT2D eigenvalue weighted by molar-refractivity contribution is 14.0. The predicted octanol–water partition coefficient (Wildman–Crippen LogP) is 3.63. The van der Waals surface area contributed by atoms with E-state index in [0.717, 1.165) is 32.2 Å². The summed E-state index contributed by atoms with van der Waals surface area (Å²) in [5.41, 5.74) is 1.34. The second-order valence-corrected chi connectivity index (χ2v) is 7.17. The van der Waals surface area contributed by atoms with Gasteiger partial charge in [0.05, 0.1) is 0 Å². The number of carbonyl (C=O) groups excluding carboxylic acids is 1. The number of hydrogen-bond acceptors (Lipinski definition) is 2. The van der Waals surface area contributed by atoms with Crippen molar-refractivity contribution in [2.75, 3.05) is 13.1 Å². The number of carbonyl (C=O) groups is 1. The van der Waals surface area contributed by atoms with Crippen LogP contribution in [0.1, 0.15) is 57.9 Å². The Balaban J connectivity index is 0.00000364. The lowest BCUT2D eigenvalue weighted by Gasteiger charge is -2.22. The van der Waals surface area contributed by atoms with E-state index in [1.807, 2.05) is 13.0 Å². The minimum Gasteiger partial charge on any atom is -0.357 e. The van der Waals surface area contributed by atoms with Crippen LogP contribution in [0.3, 0.4) is 0 Å². The first-order valence-electron chi connectivity index (χ1n) is 10.1. The van der Waals surface area contributed by atoms with Gasteiger partial charge in [-0.2, -0.15) is 0 Å². The van der Waals surface area contributed by atoms with E-state index >= 15 is 0 Å². The van der Waals surface area contributed by atoms with E-state index in [1.54, 1.807) is 0 Å². The van der Waals surface area contributed by atoms with E-state index < -0.39 is 0 Å². The predicted molar refractivity (Wildman–Crippen MR) is 124 cm³/mol. The third-order valence-corrected chi connectivity index (χ3v) is 4.79. The highest BCUT2D eigenvalue weighted by atomic mass is 127. The molecule has 0 aromatic heterocycles. The Morgan fingerprint density at radius 1 is 1.19 bits per heavy atom. The normalized spacial score (nSPS) is 16.1. The van der Waals surface area contributed by atoms with E-state index in [0.29, 0.717) is 12.0 Å². The van der Waals surface area contributed by atoms with Gasteiger partial charge in [-0.05, 0) is 45.1 Å². The summed E-state index contributed by atoms with van der Waals surface area (Å²) in [5.74, 6) is 0.734. The van der Waals surface area contributed by atoms with Gasteiger partial charge in [0.15, 0.2) is 5.96 Å². The first-order valence-corrected chi connectivity index (χ1v) is 10.1. The van der Waals surface area contributed by atoms with Crippen molar-refractivity contribution in [3.63, 3.8) is 0 Å². The summed E-state index contributed by atoms with van der Waals surface area (Å²) in [6, 6.07) is 11.1. The number of rotatable bonds is 8. The second kappa shape index (κ2) is 13.8. The maximum atomic E-state index is 12.1. The van der Waals surface area contributed by atoms with Crippen LogP contribution < -0.4 is 16.0 Å². The lowest BCUT2D eigenvalue weighted by Crippen LogP contribution is -2.43. The van der Waals surface area contributed by atoms with Crippen molar-refractivity contribution in [1.29, 1.82) is 0 Å². The van der Waals surface area contributed by atoms with Crippen LogP contribution >= 0.6 is 24.0 Å². The van der Waals surface area contributed by atoms with Crippen LogP contribution in [0.2, 0.25) is 0 Å². The molecule has 3 N–H and O–H groups in total. The number of aliphatic imine (C=N–C) groups is 1. The molecule has 0 aliphatic heterocycles. The second-order valence-electron chi connectivity index (χ2n) is 7.17. The Labute approximate surface area is 181 Å². The summed E-state index contributed by atoms with van der Waals surface area (Å²) in [5, 5.41) is 9.75. The van der Waals surface area contributed by atoms with Crippen molar-refractivity contribution >= 4 is 35.8 Å². The number of benzene rings is 1. The molecule has 1 atom stereocenters. The van der Waals surface area contributed by atoms with Gasteiger partial charge in [0.2, 0.25) is 5.91 Å². The van der Waals surface area contributed by atoms with Gasteiger partial charge in [-0.25, -0.2) is 4.99 Å². The Hall–Kier alpha value is -1.31. The summed E-state index contributed by atoms with van der Waals surface area (Å²) in [6.07, 6.45) is 7.97. The quantitative estimate of drug-likeness (QED) is 0.299. The molecule has 0 saturated heterocycles. The molecule has 5 nitrogen and oxygen atoms in total. The third-order valence-electron chi connectivity index (χ3n) is 4.79. The zero-order valence-electron chi connectivity index (χ0n) is 16.7. The topological polar surface area (TPSA) is 65.5 Å². The van der Waals surface area contributed by atoms with Gasteiger partial charge in [-0.1, -0.05) is 49.6 Å². The summed E-state index contributed by atoms with van der Waals surface area (Å²) < 4.78 is 0. The SMILES string of the molecule is CCNC(=NCC(=O)NC1CCCCC1)NC(C)CCc1ccccc1.I. The first kappa shape index (κ1) is 23.7. The Morgan fingerprint density at radius 2 is 1.89 bits per heavy atom. The third kappa shape index (κ3) is 9.98. The fourth-order valence-corrected chi connectivity index (χ4v) is 3.32. The van der Waals surface area contributed by atoms with E-state index in [4.69, 9.17) is 0 Å². The van der Waals surface area contributed by atoms with Crippen molar-refractivity contribution in [3.8, 4) is 0 Å². The summed E-state index contributed by atoms with van der Waals surface area (Å²) in [4.78, 5) is 16.6. The van der Waals surface area contributed by atoms with Gasteiger partial charge in [-0.15, -0.1) is 24.0 Å². The summed E-state index contributed by atoms with van der Waals surface area (Å²) in [6.45, 7) is 5.14. The summed E-state index contributed by atoms with van der Waals surface area (Å²) in [7, 11) is 0. The van der Waals surface area contributed by atoms with Gasteiger partial charge >= 0.3 is 0 Å². The van der Waals surface area contributed by atoms with Crippen molar-refractivity contribution in [2.45, 2.75) is 70.9 Å². The molecule has 2 rings (SSSR count). The molecule has 0 bridgehead atoms. The van der Waals surface area contributed by atoms with Crippen LogP contribution in [0.4, 0.5) is 0 Å². The molecule has 1 aliphatic carbocycles. The molecule has 1 amide bonds. The number of halogens is 1. The molecule has 1 unspecified atom stereocenters. The van der Waals surface area contributed by atoms with E-state index in [-0.39, 0.29) is 42.5 Å². The average molecular weight is 486 g/mol. The molecule has 0 heterocycles. The molecule has 1 saturated carbocycles. The van der Waals surface area contributed by atoms with Crippen molar-refractivity contribution < 1.29 is 4.79 Å². The molecular formula is C21H35IN4O. The lowest BCUT2D eigenvalue weighted by molar-refractivity contribution is -0.120. The molecule has 0 radical (unpaired) electrons. The molecular weight excluding hydrogens is 451 g/mol. The smallest absolute Gasteiger partial charge is 0.242 e. The largest absolute Gasteiger partial charge is 0.357 e. The maximum Gasteiger partial charge on any atom is 0.242 e. The number of aryl methyl sites for hydroxylation is 1. The van der Waals surface area contributed by atoms with Crippen molar-refractivity contribution in [1.82, 2.24) is 16.0 Å². The van der Waals surface area contributed by atoms with Crippen LogP contribution in [-0.2, 0) is 11.2 Å². The number of guanidine groups is 1. The molecule has 152 valence electrons. The molecule has 27 heavy (non-hydrogen) atoms. The molecule has 6 heteroatoms. The van der Waals surface area contributed by atoms with Crippen LogP contribution in [0.5, 0.6) is 0 Å². The van der Waals surface area contributed by atoms with Gasteiger partial charge in [0.1, 0.15) is 6.54 Å². The number of nitrogens with zero attached hydrogens (tertiary/aromatic N) is 1. The fourth-order valence-electron chi connectivity index (χ4n) is 3.32. The van der Waals surface area contributed by atoms with Gasteiger partial charge in [0, 0.05) is 18.6 Å². The Kier molecular flexibility index (Phi) is 12.1. The highest BCUT2D eigenvalue weighted by Gasteiger charge is 2.15.